The van der Waals surface area contributed by atoms with Gasteiger partial charge in [0.05, 0.1) is 6.61 Å². The zero-order valence-electron chi connectivity index (χ0n) is 33.4. The number of hydrogen-bond acceptors (Lipinski definition) is 9. The van der Waals surface area contributed by atoms with Crippen LogP contribution in [0.5, 0.6) is 5.75 Å². The fourth-order valence-corrected chi connectivity index (χ4v) is 4.91. The molecule has 4 amide bonds. The first-order valence-corrected chi connectivity index (χ1v) is 18.8. The van der Waals surface area contributed by atoms with Gasteiger partial charge >= 0.3 is 18.2 Å². The van der Waals surface area contributed by atoms with E-state index in [1.54, 1.807) is 41.5 Å². The lowest BCUT2D eigenvalue weighted by Gasteiger charge is -2.24. The van der Waals surface area contributed by atoms with Crippen LogP contribution in [0.4, 0.5) is 9.59 Å². The number of amides is 4. The van der Waals surface area contributed by atoms with E-state index in [1.807, 2.05) is 24.3 Å². The van der Waals surface area contributed by atoms with Gasteiger partial charge in [0.2, 0.25) is 17.8 Å². The van der Waals surface area contributed by atoms with Crippen molar-refractivity contribution in [2.75, 3.05) is 13.2 Å². The molecule has 0 heterocycles. The van der Waals surface area contributed by atoms with E-state index in [1.165, 1.54) is 0 Å². The maximum Gasteiger partial charge on any atom is 0.414 e. The SMILES string of the molecule is CCCCCCCC(=O)N[C@@H](Cc1ccc(OCC(C)C)cc1)C(=O)N[C@@H](CCCN=C(NC(=O)OC(C)(C)C)NC(=O)OC(C)(C)C)CCC(=O)O. The van der Waals surface area contributed by atoms with Gasteiger partial charge in [0.1, 0.15) is 23.0 Å². The van der Waals surface area contributed by atoms with E-state index in [0.29, 0.717) is 37.5 Å². The van der Waals surface area contributed by atoms with E-state index < -0.39 is 47.3 Å². The highest BCUT2D eigenvalue weighted by atomic mass is 16.6. The van der Waals surface area contributed by atoms with Crippen LogP contribution < -0.4 is 26.0 Å². The van der Waals surface area contributed by atoms with Crippen molar-refractivity contribution in [3.8, 4) is 5.75 Å². The molecule has 0 fully saturated rings. The number of aliphatic imine (C=N–C) groups is 1. The Balaban J connectivity index is 3.11. The van der Waals surface area contributed by atoms with Crippen molar-refractivity contribution in [1.82, 2.24) is 21.3 Å². The number of ether oxygens (including phenoxy) is 3. The van der Waals surface area contributed by atoms with E-state index in [0.717, 1.165) is 37.7 Å². The Hall–Kier alpha value is -4.36. The van der Waals surface area contributed by atoms with Gasteiger partial charge in [-0.1, -0.05) is 58.6 Å². The summed E-state index contributed by atoms with van der Waals surface area (Å²) in [6, 6.07) is 5.94. The average Bonchev–Trinajstić information content (AvgIpc) is 3.02. The summed E-state index contributed by atoms with van der Waals surface area (Å²) in [7, 11) is 0. The first-order valence-electron chi connectivity index (χ1n) is 18.8. The molecule has 0 aromatic heterocycles. The summed E-state index contributed by atoms with van der Waals surface area (Å²) in [6.07, 6.45) is 4.40. The van der Waals surface area contributed by atoms with Crippen molar-refractivity contribution in [3.05, 3.63) is 29.8 Å². The molecular formula is C39H65N5O9. The van der Waals surface area contributed by atoms with Gasteiger partial charge in [0.15, 0.2) is 0 Å². The van der Waals surface area contributed by atoms with Crippen molar-refractivity contribution in [1.29, 1.82) is 0 Å². The monoisotopic (exact) mass is 747 g/mol. The number of rotatable bonds is 21. The van der Waals surface area contributed by atoms with Gasteiger partial charge < -0.3 is 30.0 Å². The highest BCUT2D eigenvalue weighted by Gasteiger charge is 2.25. The Kier molecular flexibility index (Phi) is 21.2. The zero-order chi connectivity index (χ0) is 40.0. The molecular weight excluding hydrogens is 682 g/mol. The first-order chi connectivity index (χ1) is 24.8. The molecule has 1 rings (SSSR count). The topological polar surface area (TPSA) is 194 Å². The normalized spacial score (nSPS) is 12.6. The number of carboxylic acids is 1. The summed E-state index contributed by atoms with van der Waals surface area (Å²) in [5, 5.41) is 20.1. The molecule has 14 heteroatoms. The standard InChI is InChI=1S/C39H65N5O9/c1-10-11-12-13-14-17-32(45)42-31(25-28-18-21-30(22-19-28)51-26-27(2)3)34(48)41-29(20-23-33(46)47)16-15-24-40-35(43-36(49)52-38(4,5)6)44-37(50)53-39(7,8)9/h18-19,21-22,27,29,31H,10-17,20,23-26H2,1-9H3,(H,41,48)(H,42,45)(H,46,47)(H2,40,43,44,49,50)/t29-,31-/m0/s1. The maximum atomic E-state index is 13.8. The Morgan fingerprint density at radius 3 is 1.89 bits per heavy atom. The number of unbranched alkanes of at least 4 members (excludes halogenated alkanes) is 4. The van der Waals surface area contributed by atoms with E-state index in [2.05, 4.69) is 47.0 Å². The van der Waals surface area contributed by atoms with Crippen LogP contribution in [-0.2, 0) is 30.3 Å². The lowest BCUT2D eigenvalue weighted by atomic mass is 10.0. The molecule has 0 aliphatic heterocycles. The molecule has 0 spiro atoms. The minimum absolute atomic E-state index is 0.101. The smallest absolute Gasteiger partial charge is 0.414 e. The zero-order valence-corrected chi connectivity index (χ0v) is 33.4. The fourth-order valence-electron chi connectivity index (χ4n) is 4.91. The molecule has 5 N–H and O–H groups in total. The van der Waals surface area contributed by atoms with Crippen molar-refractivity contribution < 1.29 is 43.3 Å². The molecule has 0 bridgehead atoms. The van der Waals surface area contributed by atoms with Crippen molar-refractivity contribution in [2.24, 2.45) is 10.9 Å². The number of carboxylic acid groups (broad SMARTS) is 1. The molecule has 0 radical (unpaired) electrons. The maximum absolute atomic E-state index is 13.8. The number of hydrogen-bond donors (Lipinski definition) is 5. The lowest BCUT2D eigenvalue weighted by molar-refractivity contribution is -0.137. The van der Waals surface area contributed by atoms with Crippen molar-refractivity contribution in [3.63, 3.8) is 0 Å². The van der Waals surface area contributed by atoms with Crippen LogP contribution in [0.15, 0.2) is 29.3 Å². The molecule has 1 aromatic rings. The van der Waals surface area contributed by atoms with E-state index in [-0.39, 0.29) is 37.7 Å². The van der Waals surface area contributed by atoms with Gasteiger partial charge in [-0.2, -0.15) is 0 Å². The highest BCUT2D eigenvalue weighted by molar-refractivity contribution is 6.01. The summed E-state index contributed by atoms with van der Waals surface area (Å²) in [4.78, 5) is 67.4. The molecule has 0 saturated carbocycles. The number of aliphatic carboxylic acids is 1. The molecule has 0 aliphatic carbocycles. The second-order valence-corrected chi connectivity index (χ2v) is 15.6. The molecule has 0 saturated heterocycles. The molecule has 300 valence electrons. The quantitative estimate of drug-likeness (QED) is 0.0520. The summed E-state index contributed by atoms with van der Waals surface area (Å²) in [5.41, 5.74) is -0.772. The second-order valence-electron chi connectivity index (χ2n) is 15.6. The number of alkyl carbamates (subject to hydrolysis) is 2. The molecule has 0 aliphatic rings. The summed E-state index contributed by atoms with van der Waals surface area (Å²) < 4.78 is 16.4. The molecule has 0 unspecified atom stereocenters. The van der Waals surface area contributed by atoms with Gasteiger partial charge in [-0.3, -0.25) is 30.0 Å². The number of carbonyl (C=O) groups is 5. The van der Waals surface area contributed by atoms with Crippen LogP contribution in [0.1, 0.15) is 132 Å². The minimum atomic E-state index is -1.01. The summed E-state index contributed by atoms with van der Waals surface area (Å²) >= 11 is 0. The van der Waals surface area contributed by atoms with Gasteiger partial charge in [-0.15, -0.1) is 0 Å². The Morgan fingerprint density at radius 2 is 1.36 bits per heavy atom. The lowest BCUT2D eigenvalue weighted by Crippen LogP contribution is -2.50. The van der Waals surface area contributed by atoms with E-state index >= 15 is 0 Å². The predicted octanol–water partition coefficient (Wildman–Crippen LogP) is 6.64. The third-order valence-corrected chi connectivity index (χ3v) is 7.38. The van der Waals surface area contributed by atoms with Gasteiger partial charge in [0, 0.05) is 31.8 Å². The summed E-state index contributed by atoms with van der Waals surface area (Å²) in [6.45, 7) is 17.1. The van der Waals surface area contributed by atoms with Crippen LogP contribution in [0, 0.1) is 5.92 Å². The van der Waals surface area contributed by atoms with Gasteiger partial charge in [-0.05, 0) is 90.8 Å². The van der Waals surface area contributed by atoms with Crippen LogP contribution >= 0.6 is 0 Å². The van der Waals surface area contributed by atoms with Crippen LogP contribution in [0.2, 0.25) is 0 Å². The van der Waals surface area contributed by atoms with Gasteiger partial charge in [-0.25, -0.2) is 9.59 Å². The average molecular weight is 748 g/mol. The number of nitrogens with one attached hydrogen (secondary N) is 4. The van der Waals surface area contributed by atoms with Crippen molar-refractivity contribution in [2.45, 2.75) is 156 Å². The molecule has 14 nitrogen and oxygen atoms in total. The highest BCUT2D eigenvalue weighted by Crippen LogP contribution is 2.16. The predicted molar refractivity (Wildman–Crippen MR) is 205 cm³/mol. The van der Waals surface area contributed by atoms with E-state index in [4.69, 9.17) is 14.2 Å². The van der Waals surface area contributed by atoms with Crippen LogP contribution in [0.25, 0.3) is 0 Å². The van der Waals surface area contributed by atoms with Crippen LogP contribution in [-0.4, -0.2) is 77.5 Å². The first kappa shape index (κ1) is 46.7. The van der Waals surface area contributed by atoms with E-state index in [9.17, 15) is 29.1 Å². The number of carbonyl (C=O) groups excluding carboxylic acids is 4. The number of benzene rings is 1. The molecule has 2 atom stereocenters. The van der Waals surface area contributed by atoms with Crippen molar-refractivity contribution >= 4 is 35.9 Å². The fraction of sp³-hybridized carbons (Fsp3) is 0.692. The Labute approximate surface area is 316 Å². The molecule has 53 heavy (non-hydrogen) atoms. The Bertz CT molecular complexity index is 1290. The number of nitrogens with zero attached hydrogens (tertiary/aromatic N) is 1. The third-order valence-electron chi connectivity index (χ3n) is 7.38. The largest absolute Gasteiger partial charge is 0.493 e. The van der Waals surface area contributed by atoms with Gasteiger partial charge in [0.25, 0.3) is 0 Å². The minimum Gasteiger partial charge on any atom is -0.493 e. The van der Waals surface area contributed by atoms with Crippen LogP contribution in [0.3, 0.4) is 0 Å². The number of guanidine groups is 1. The Morgan fingerprint density at radius 1 is 0.774 bits per heavy atom. The molecule has 1 aromatic carbocycles. The summed E-state index contributed by atoms with van der Waals surface area (Å²) in [5.74, 6) is -0.773. The second kappa shape index (κ2) is 24.1. The third kappa shape index (κ3) is 24.5.